The molecule has 0 saturated carbocycles. The average Bonchev–Trinajstić information content (AvgIpc) is 2.52. The summed E-state index contributed by atoms with van der Waals surface area (Å²) in [5, 5.41) is 34.4. The van der Waals surface area contributed by atoms with Gasteiger partial charge in [0.05, 0.1) is 6.10 Å². The van der Waals surface area contributed by atoms with Crippen molar-refractivity contribution < 1.29 is 15.4 Å². The summed E-state index contributed by atoms with van der Waals surface area (Å²) in [5.41, 5.74) is 1.91. The molecule has 1 atom stereocenters. The second-order valence-electron chi connectivity index (χ2n) is 8.33. The van der Waals surface area contributed by atoms with Crippen molar-refractivity contribution in [2.24, 2.45) is 0 Å². The first-order valence-corrected chi connectivity index (χ1v) is 9.26. The molecule has 4 N–H and O–H groups in total. The molecule has 1 rings (SSSR count). The maximum Gasteiger partial charge on any atom is 0.158 e. The van der Waals surface area contributed by atoms with Crippen LogP contribution in [0.4, 0.5) is 0 Å². The smallest absolute Gasteiger partial charge is 0.158 e. The van der Waals surface area contributed by atoms with E-state index in [-0.39, 0.29) is 16.8 Å². The lowest BCUT2D eigenvalue weighted by Crippen LogP contribution is -2.62. The molecule has 1 unspecified atom stereocenters. The highest BCUT2D eigenvalue weighted by Gasteiger charge is 2.44. The van der Waals surface area contributed by atoms with E-state index in [2.05, 4.69) is 45.3 Å². The number of rotatable bonds is 9. The Bertz CT molecular complexity index is 475. The summed E-state index contributed by atoms with van der Waals surface area (Å²) in [7, 11) is 0. The molecule has 0 amide bonds. The van der Waals surface area contributed by atoms with Crippen LogP contribution in [0, 0.1) is 0 Å². The van der Waals surface area contributed by atoms with Crippen molar-refractivity contribution in [1.29, 1.82) is 0 Å². The van der Waals surface area contributed by atoms with Gasteiger partial charge in [-0.3, -0.25) is 0 Å². The third kappa shape index (κ3) is 7.35. The third-order valence-corrected chi connectivity index (χ3v) is 4.91. The van der Waals surface area contributed by atoms with E-state index in [1.54, 1.807) is 6.08 Å². The molecule has 1 saturated heterocycles. The lowest BCUT2D eigenvalue weighted by Gasteiger charge is -2.51. The van der Waals surface area contributed by atoms with E-state index in [0.29, 0.717) is 12.5 Å². The van der Waals surface area contributed by atoms with E-state index in [9.17, 15) is 15.4 Å². The van der Waals surface area contributed by atoms with Crippen LogP contribution in [0.3, 0.4) is 0 Å². The number of aliphatic hydroxyl groups is 2. The Labute approximate surface area is 152 Å². The van der Waals surface area contributed by atoms with E-state index >= 15 is 0 Å². The summed E-state index contributed by atoms with van der Waals surface area (Å²) < 4.78 is 0. The maximum absolute atomic E-state index is 10.3. The molecule has 144 valence electrons. The highest BCUT2D eigenvalue weighted by atomic mass is 16.5. The monoisotopic (exact) mass is 352 g/mol. The first-order valence-electron chi connectivity index (χ1n) is 9.26. The minimum absolute atomic E-state index is 0.0528. The second kappa shape index (κ2) is 9.56. The van der Waals surface area contributed by atoms with E-state index in [1.807, 2.05) is 0 Å². The number of nitrogens with zero attached hydrogens (tertiary/aromatic N) is 1. The Hall–Kier alpha value is -1.10. The predicted octanol–water partition coefficient (Wildman–Crippen LogP) is 3.69. The zero-order valence-corrected chi connectivity index (χ0v) is 16.3. The van der Waals surface area contributed by atoms with Crippen LogP contribution in [0.2, 0.25) is 0 Å². The van der Waals surface area contributed by atoms with Gasteiger partial charge < -0.3 is 20.7 Å². The zero-order chi connectivity index (χ0) is 19.1. The number of aliphatic hydroxyl groups excluding tert-OH is 2. The summed E-state index contributed by atoms with van der Waals surface area (Å²) in [4.78, 5) is 0. The first kappa shape index (κ1) is 21.9. The van der Waals surface area contributed by atoms with Crippen molar-refractivity contribution in [2.45, 2.75) is 89.4 Å². The molecule has 0 aromatic heterocycles. The number of hydrogen-bond acceptors (Lipinski definition) is 5. The molecule has 0 aliphatic carbocycles. The van der Waals surface area contributed by atoms with Gasteiger partial charge in [-0.15, -0.1) is 0 Å². The zero-order valence-electron chi connectivity index (χ0n) is 16.3. The fourth-order valence-electron chi connectivity index (χ4n) is 3.73. The molecule has 5 nitrogen and oxygen atoms in total. The predicted molar refractivity (Wildman–Crippen MR) is 102 cm³/mol. The van der Waals surface area contributed by atoms with Gasteiger partial charge in [-0.2, -0.15) is 5.06 Å². The number of piperidine rings is 1. The van der Waals surface area contributed by atoms with Gasteiger partial charge in [0.25, 0.3) is 0 Å². The molecular weight excluding hydrogens is 316 g/mol. The number of allylic oxidation sites excluding steroid dienone is 1. The highest BCUT2D eigenvalue weighted by molar-refractivity contribution is 5.09. The summed E-state index contributed by atoms with van der Waals surface area (Å²) in [6.07, 6.45) is 8.05. The summed E-state index contributed by atoms with van der Waals surface area (Å²) >= 11 is 0. The molecule has 0 aromatic rings. The van der Waals surface area contributed by atoms with E-state index in [0.717, 1.165) is 38.6 Å². The van der Waals surface area contributed by atoms with Gasteiger partial charge in [-0.05, 0) is 66.0 Å². The SMILES string of the molecule is C=C=C(O)/C=C/C(O)CCCCCNC1CC(C)(C)N(O)C(C)(C)C1. The van der Waals surface area contributed by atoms with Crippen molar-refractivity contribution in [2.75, 3.05) is 6.54 Å². The summed E-state index contributed by atoms with van der Waals surface area (Å²) in [5.74, 6) is -0.0528. The van der Waals surface area contributed by atoms with Crippen molar-refractivity contribution in [1.82, 2.24) is 10.4 Å². The third-order valence-electron chi connectivity index (χ3n) is 4.91. The summed E-state index contributed by atoms with van der Waals surface area (Å²) in [6, 6.07) is 0.413. The van der Waals surface area contributed by atoms with Crippen molar-refractivity contribution in [3.63, 3.8) is 0 Å². The molecule has 0 radical (unpaired) electrons. The topological polar surface area (TPSA) is 76.0 Å². The fourth-order valence-corrected chi connectivity index (χ4v) is 3.73. The van der Waals surface area contributed by atoms with Crippen LogP contribution in [-0.2, 0) is 0 Å². The normalized spacial score (nSPS) is 22.0. The van der Waals surface area contributed by atoms with Gasteiger partial charge >= 0.3 is 0 Å². The van der Waals surface area contributed by atoms with Gasteiger partial charge in [0, 0.05) is 17.1 Å². The molecule has 0 spiro atoms. The van der Waals surface area contributed by atoms with Crippen LogP contribution in [0.1, 0.15) is 66.2 Å². The van der Waals surface area contributed by atoms with E-state index in [4.69, 9.17) is 0 Å². The lowest BCUT2D eigenvalue weighted by atomic mass is 9.79. The molecule has 1 aliphatic heterocycles. The number of hydroxylamine groups is 2. The number of hydrogen-bond donors (Lipinski definition) is 4. The quantitative estimate of drug-likeness (QED) is 0.220. The van der Waals surface area contributed by atoms with Crippen LogP contribution < -0.4 is 5.32 Å². The Kier molecular flexibility index (Phi) is 8.39. The van der Waals surface area contributed by atoms with E-state index in [1.165, 1.54) is 11.1 Å². The molecule has 0 bridgehead atoms. The minimum atomic E-state index is -0.543. The summed E-state index contributed by atoms with van der Waals surface area (Å²) in [6.45, 7) is 12.6. The highest BCUT2D eigenvalue weighted by Crippen LogP contribution is 2.36. The molecule has 25 heavy (non-hydrogen) atoms. The molecule has 1 aliphatic rings. The Morgan fingerprint density at radius 3 is 2.40 bits per heavy atom. The van der Waals surface area contributed by atoms with Crippen molar-refractivity contribution in [3.8, 4) is 0 Å². The number of unbranched alkanes of at least 4 members (excludes halogenated alkanes) is 2. The van der Waals surface area contributed by atoms with E-state index < -0.39 is 6.10 Å². The van der Waals surface area contributed by atoms with Crippen LogP contribution >= 0.6 is 0 Å². The van der Waals surface area contributed by atoms with Crippen LogP contribution in [0.5, 0.6) is 0 Å². The van der Waals surface area contributed by atoms with Crippen LogP contribution in [0.25, 0.3) is 0 Å². The number of nitrogens with one attached hydrogen (secondary N) is 1. The van der Waals surface area contributed by atoms with Crippen LogP contribution in [0.15, 0.2) is 30.2 Å². The Morgan fingerprint density at radius 1 is 1.24 bits per heavy atom. The van der Waals surface area contributed by atoms with Crippen LogP contribution in [-0.4, -0.2) is 50.3 Å². The minimum Gasteiger partial charge on any atom is -0.501 e. The first-order chi connectivity index (χ1) is 11.6. The fraction of sp³-hybridized carbons (Fsp3) is 0.750. The maximum atomic E-state index is 10.3. The molecule has 1 heterocycles. The van der Waals surface area contributed by atoms with Gasteiger partial charge in [0.1, 0.15) is 0 Å². The second-order valence-corrected chi connectivity index (χ2v) is 8.33. The standard InChI is InChI=1S/C20H36N2O3/c1-6-17(23)11-12-18(24)10-8-7-9-13-21-16-14-19(2,3)22(25)20(4,5)15-16/h11-12,16,18,21,23-25H,1,7-10,13-15H2,2-5H3/b12-11+. The Balaban J connectivity index is 2.22. The Morgan fingerprint density at radius 2 is 1.84 bits per heavy atom. The van der Waals surface area contributed by atoms with Gasteiger partial charge in [0.2, 0.25) is 0 Å². The lowest BCUT2D eigenvalue weighted by molar-refractivity contribution is -0.246. The largest absolute Gasteiger partial charge is 0.501 e. The average molecular weight is 353 g/mol. The van der Waals surface area contributed by atoms with Gasteiger partial charge in [-0.1, -0.05) is 31.2 Å². The van der Waals surface area contributed by atoms with Gasteiger partial charge in [-0.25, -0.2) is 0 Å². The van der Waals surface area contributed by atoms with Crippen molar-refractivity contribution >= 4 is 0 Å². The molecule has 5 heteroatoms. The van der Waals surface area contributed by atoms with Crippen molar-refractivity contribution in [3.05, 3.63) is 30.2 Å². The molecule has 1 fully saturated rings. The molecular formula is C20H36N2O3. The van der Waals surface area contributed by atoms with Gasteiger partial charge in [0.15, 0.2) is 5.76 Å². The molecule has 0 aromatic carbocycles.